The van der Waals surface area contributed by atoms with E-state index in [9.17, 15) is 19.2 Å². The molecule has 0 bridgehead atoms. The van der Waals surface area contributed by atoms with Crippen molar-refractivity contribution in [3.8, 4) is 0 Å². The summed E-state index contributed by atoms with van der Waals surface area (Å²) in [6.07, 6.45) is -0.0309. The van der Waals surface area contributed by atoms with Crippen molar-refractivity contribution >= 4 is 23.8 Å². The van der Waals surface area contributed by atoms with Crippen molar-refractivity contribution < 1.29 is 28.7 Å². The van der Waals surface area contributed by atoms with Crippen LogP contribution in [0.4, 0.5) is 0 Å². The van der Waals surface area contributed by atoms with Gasteiger partial charge in [0.25, 0.3) is 0 Å². The number of amides is 2. The lowest BCUT2D eigenvalue weighted by Gasteiger charge is -2.30. The van der Waals surface area contributed by atoms with E-state index in [1.165, 1.54) is 0 Å². The standard InChI is InChI=1S/C12H18N2O6/c1-12(20-11(18)6-9(14)16)4-2-3-7(12)19-10(17)5-8(13)15/h7H,2-6H2,1H3,(H2,13,15)(H2,14,16). The second-order valence-corrected chi connectivity index (χ2v) is 4.94. The van der Waals surface area contributed by atoms with Gasteiger partial charge in [0.1, 0.15) is 24.5 Å². The molecular formula is C12H18N2O6. The summed E-state index contributed by atoms with van der Waals surface area (Å²) >= 11 is 0. The summed E-state index contributed by atoms with van der Waals surface area (Å²) in [7, 11) is 0. The minimum Gasteiger partial charge on any atom is -0.458 e. The number of hydrogen-bond acceptors (Lipinski definition) is 6. The van der Waals surface area contributed by atoms with Crippen molar-refractivity contribution in [1.29, 1.82) is 0 Å². The Bertz CT molecular complexity index is 436. The van der Waals surface area contributed by atoms with Gasteiger partial charge in [-0.15, -0.1) is 0 Å². The molecule has 1 aliphatic carbocycles. The van der Waals surface area contributed by atoms with E-state index in [4.69, 9.17) is 20.9 Å². The molecule has 20 heavy (non-hydrogen) atoms. The van der Waals surface area contributed by atoms with Gasteiger partial charge in [-0.25, -0.2) is 0 Å². The number of primary amides is 2. The number of hydrogen-bond donors (Lipinski definition) is 2. The lowest BCUT2D eigenvalue weighted by molar-refractivity contribution is -0.180. The molecule has 4 N–H and O–H groups in total. The Morgan fingerprint density at radius 3 is 2.20 bits per heavy atom. The average Bonchev–Trinajstić information content (AvgIpc) is 2.56. The summed E-state index contributed by atoms with van der Waals surface area (Å²) in [6.45, 7) is 1.61. The number of carbonyl (C=O) groups is 4. The minimum absolute atomic E-state index is 0.492. The first-order valence-electron chi connectivity index (χ1n) is 6.21. The largest absolute Gasteiger partial charge is 0.458 e. The molecule has 0 aliphatic heterocycles. The molecule has 1 aliphatic rings. The van der Waals surface area contributed by atoms with Crippen molar-refractivity contribution in [2.75, 3.05) is 0 Å². The number of ether oxygens (including phenoxy) is 2. The molecule has 0 heterocycles. The zero-order valence-corrected chi connectivity index (χ0v) is 11.2. The predicted octanol–water partition coefficient (Wildman–Crippen LogP) is -0.865. The Balaban J connectivity index is 2.62. The number of esters is 2. The molecule has 0 saturated heterocycles. The Kier molecular flexibility index (Phi) is 5.06. The van der Waals surface area contributed by atoms with Crippen LogP contribution in [-0.4, -0.2) is 35.5 Å². The maximum Gasteiger partial charge on any atom is 0.315 e. The topological polar surface area (TPSA) is 139 Å². The Morgan fingerprint density at radius 1 is 1.10 bits per heavy atom. The van der Waals surface area contributed by atoms with Gasteiger partial charge in [-0.1, -0.05) is 0 Å². The smallest absolute Gasteiger partial charge is 0.315 e. The third kappa shape index (κ3) is 4.52. The monoisotopic (exact) mass is 286 g/mol. The number of nitrogens with two attached hydrogens (primary N) is 2. The van der Waals surface area contributed by atoms with Gasteiger partial charge in [-0.2, -0.15) is 0 Å². The van der Waals surface area contributed by atoms with Gasteiger partial charge in [0.2, 0.25) is 11.8 Å². The first-order valence-corrected chi connectivity index (χ1v) is 6.21. The summed E-state index contributed by atoms with van der Waals surface area (Å²) in [4.78, 5) is 44.2. The molecule has 8 heteroatoms. The van der Waals surface area contributed by atoms with E-state index in [1.807, 2.05) is 0 Å². The summed E-state index contributed by atoms with van der Waals surface area (Å²) in [5.74, 6) is -3.11. The van der Waals surface area contributed by atoms with E-state index in [2.05, 4.69) is 0 Å². The fourth-order valence-electron chi connectivity index (χ4n) is 2.19. The molecule has 0 aromatic rings. The van der Waals surface area contributed by atoms with Gasteiger partial charge in [0.15, 0.2) is 0 Å². The highest BCUT2D eigenvalue weighted by atomic mass is 16.6. The van der Waals surface area contributed by atoms with Gasteiger partial charge < -0.3 is 20.9 Å². The third-order valence-corrected chi connectivity index (χ3v) is 3.08. The van der Waals surface area contributed by atoms with Crippen LogP contribution in [-0.2, 0) is 28.7 Å². The maximum atomic E-state index is 11.5. The third-order valence-electron chi connectivity index (χ3n) is 3.08. The van der Waals surface area contributed by atoms with E-state index >= 15 is 0 Å². The molecule has 0 aromatic carbocycles. The average molecular weight is 286 g/mol. The van der Waals surface area contributed by atoms with Gasteiger partial charge in [-0.05, 0) is 26.2 Å². The molecule has 1 saturated carbocycles. The highest BCUT2D eigenvalue weighted by molar-refractivity contribution is 5.94. The van der Waals surface area contributed by atoms with Crippen LogP contribution in [0.25, 0.3) is 0 Å². The molecule has 1 rings (SSSR count). The molecule has 2 unspecified atom stereocenters. The Hall–Kier alpha value is -2.12. The van der Waals surface area contributed by atoms with Crippen LogP contribution in [0.15, 0.2) is 0 Å². The predicted molar refractivity (Wildman–Crippen MR) is 65.9 cm³/mol. The fraction of sp³-hybridized carbons (Fsp3) is 0.667. The van der Waals surface area contributed by atoms with Crippen molar-refractivity contribution in [2.24, 2.45) is 11.5 Å². The molecule has 2 amide bonds. The zero-order valence-electron chi connectivity index (χ0n) is 11.2. The van der Waals surface area contributed by atoms with Crippen molar-refractivity contribution in [2.45, 2.75) is 50.7 Å². The molecule has 0 aromatic heterocycles. The lowest BCUT2D eigenvalue weighted by atomic mass is 10.0. The second-order valence-electron chi connectivity index (χ2n) is 4.94. The molecule has 112 valence electrons. The highest BCUT2D eigenvalue weighted by Gasteiger charge is 2.45. The van der Waals surface area contributed by atoms with Crippen LogP contribution >= 0.6 is 0 Å². The Labute approximate surface area is 115 Å². The minimum atomic E-state index is -1.01. The molecular weight excluding hydrogens is 268 g/mol. The van der Waals surface area contributed by atoms with Crippen LogP contribution in [0.1, 0.15) is 39.0 Å². The van der Waals surface area contributed by atoms with E-state index in [1.54, 1.807) is 6.92 Å². The summed E-state index contributed by atoms with van der Waals surface area (Å²) in [6, 6.07) is 0. The fourth-order valence-corrected chi connectivity index (χ4v) is 2.19. The SMILES string of the molecule is CC1(OC(=O)CC(N)=O)CCCC1OC(=O)CC(N)=O. The molecule has 2 atom stereocenters. The number of carbonyl (C=O) groups excluding carboxylic acids is 4. The quantitative estimate of drug-likeness (QED) is 0.481. The maximum absolute atomic E-state index is 11.5. The first kappa shape index (κ1) is 15.9. The molecule has 0 radical (unpaired) electrons. The van der Waals surface area contributed by atoms with Crippen molar-refractivity contribution in [3.63, 3.8) is 0 Å². The van der Waals surface area contributed by atoms with E-state index in [0.29, 0.717) is 19.3 Å². The van der Waals surface area contributed by atoms with E-state index in [0.717, 1.165) is 0 Å². The first-order chi connectivity index (χ1) is 9.23. The van der Waals surface area contributed by atoms with Gasteiger partial charge in [0, 0.05) is 0 Å². The summed E-state index contributed by atoms with van der Waals surface area (Å²) in [5, 5.41) is 0. The second kappa shape index (κ2) is 6.36. The normalized spacial score (nSPS) is 24.9. The molecule has 0 spiro atoms. The highest BCUT2D eigenvalue weighted by Crippen LogP contribution is 2.36. The zero-order chi connectivity index (χ0) is 15.3. The van der Waals surface area contributed by atoms with Crippen molar-refractivity contribution in [1.82, 2.24) is 0 Å². The van der Waals surface area contributed by atoms with Crippen LogP contribution in [0.3, 0.4) is 0 Å². The van der Waals surface area contributed by atoms with Gasteiger partial charge >= 0.3 is 11.9 Å². The van der Waals surface area contributed by atoms with Crippen LogP contribution < -0.4 is 11.5 Å². The van der Waals surface area contributed by atoms with Gasteiger partial charge in [-0.3, -0.25) is 19.2 Å². The van der Waals surface area contributed by atoms with Gasteiger partial charge in [0.05, 0.1) is 0 Å². The summed E-state index contributed by atoms with van der Waals surface area (Å²) < 4.78 is 10.3. The molecule has 1 fully saturated rings. The van der Waals surface area contributed by atoms with E-state index < -0.39 is 48.3 Å². The summed E-state index contributed by atoms with van der Waals surface area (Å²) in [5.41, 5.74) is 8.78. The van der Waals surface area contributed by atoms with E-state index in [-0.39, 0.29) is 0 Å². The molecule has 8 nitrogen and oxygen atoms in total. The Morgan fingerprint density at radius 2 is 1.65 bits per heavy atom. The van der Waals surface area contributed by atoms with Crippen molar-refractivity contribution in [3.05, 3.63) is 0 Å². The lowest BCUT2D eigenvalue weighted by Crippen LogP contribution is -2.42. The van der Waals surface area contributed by atoms with Crippen LogP contribution in [0.2, 0.25) is 0 Å². The van der Waals surface area contributed by atoms with Crippen LogP contribution in [0, 0.1) is 0 Å². The number of rotatable bonds is 6. The van der Waals surface area contributed by atoms with Crippen LogP contribution in [0.5, 0.6) is 0 Å².